The van der Waals surface area contributed by atoms with E-state index in [0.29, 0.717) is 12.2 Å². The summed E-state index contributed by atoms with van der Waals surface area (Å²) in [5.74, 6) is -0.520. The van der Waals surface area contributed by atoms with Gasteiger partial charge in [0.15, 0.2) is 5.03 Å². The number of sulfonamides is 1. The van der Waals surface area contributed by atoms with E-state index in [1.807, 2.05) is 0 Å². The molecule has 0 aromatic carbocycles. The SMILES string of the molecule is Cn1cnnc1CCNS(=O)(=O)c1ccc(C(=O)O)cn1. The molecule has 21 heavy (non-hydrogen) atoms. The molecule has 0 saturated heterocycles. The van der Waals surface area contributed by atoms with E-state index >= 15 is 0 Å². The Morgan fingerprint density at radius 3 is 2.71 bits per heavy atom. The zero-order valence-corrected chi connectivity index (χ0v) is 11.9. The monoisotopic (exact) mass is 311 g/mol. The number of hydrogen-bond donors (Lipinski definition) is 2. The Kier molecular flexibility index (Phi) is 4.29. The highest BCUT2D eigenvalue weighted by Gasteiger charge is 2.16. The van der Waals surface area contributed by atoms with Crippen molar-refractivity contribution in [3.8, 4) is 0 Å². The van der Waals surface area contributed by atoms with Crippen LogP contribution < -0.4 is 4.72 Å². The number of carbonyl (C=O) groups is 1. The zero-order chi connectivity index (χ0) is 15.5. The van der Waals surface area contributed by atoms with Gasteiger partial charge in [-0.3, -0.25) is 0 Å². The molecule has 2 heterocycles. The van der Waals surface area contributed by atoms with Gasteiger partial charge < -0.3 is 9.67 Å². The molecule has 0 amide bonds. The van der Waals surface area contributed by atoms with Crippen molar-refractivity contribution in [3.05, 3.63) is 36.0 Å². The van der Waals surface area contributed by atoms with Crippen molar-refractivity contribution in [2.75, 3.05) is 6.54 Å². The Labute approximate surface area is 120 Å². The number of carboxylic acid groups (broad SMARTS) is 1. The summed E-state index contributed by atoms with van der Waals surface area (Å²) in [5, 5.41) is 16.0. The lowest BCUT2D eigenvalue weighted by Crippen LogP contribution is -2.27. The molecule has 0 radical (unpaired) electrons. The fraction of sp³-hybridized carbons (Fsp3) is 0.273. The van der Waals surface area contributed by atoms with Gasteiger partial charge in [-0.25, -0.2) is 22.9 Å². The lowest BCUT2D eigenvalue weighted by Gasteiger charge is -2.06. The molecule has 0 aliphatic carbocycles. The first kappa shape index (κ1) is 15.1. The molecule has 2 aromatic rings. The molecule has 0 unspecified atom stereocenters. The summed E-state index contributed by atoms with van der Waals surface area (Å²) in [6.07, 6.45) is 2.90. The number of aryl methyl sites for hydroxylation is 1. The Morgan fingerprint density at radius 1 is 1.43 bits per heavy atom. The van der Waals surface area contributed by atoms with Crippen LogP contribution in [0.1, 0.15) is 16.2 Å². The number of pyridine rings is 1. The summed E-state index contributed by atoms with van der Waals surface area (Å²) in [4.78, 5) is 14.3. The van der Waals surface area contributed by atoms with Crippen LogP contribution in [0.3, 0.4) is 0 Å². The van der Waals surface area contributed by atoms with Crippen LogP contribution in [0, 0.1) is 0 Å². The first-order chi connectivity index (χ1) is 9.90. The average Bonchev–Trinajstić information content (AvgIpc) is 2.84. The molecule has 9 nitrogen and oxygen atoms in total. The van der Waals surface area contributed by atoms with E-state index in [1.54, 1.807) is 11.6 Å². The third-order valence-corrected chi connectivity index (χ3v) is 4.08. The minimum absolute atomic E-state index is 0.0759. The number of aromatic carboxylic acids is 1. The highest BCUT2D eigenvalue weighted by Crippen LogP contribution is 2.06. The van der Waals surface area contributed by atoms with Crippen molar-refractivity contribution in [2.45, 2.75) is 11.4 Å². The quantitative estimate of drug-likeness (QED) is 0.731. The molecule has 0 saturated carbocycles. The molecular formula is C11H13N5O4S. The maximum atomic E-state index is 12.0. The first-order valence-electron chi connectivity index (χ1n) is 5.92. The third-order valence-electron chi connectivity index (χ3n) is 2.70. The molecule has 0 bridgehead atoms. The maximum absolute atomic E-state index is 12.0. The van der Waals surface area contributed by atoms with E-state index in [9.17, 15) is 13.2 Å². The highest BCUT2D eigenvalue weighted by atomic mass is 32.2. The van der Waals surface area contributed by atoms with Crippen molar-refractivity contribution in [3.63, 3.8) is 0 Å². The van der Waals surface area contributed by atoms with Gasteiger partial charge in [0.25, 0.3) is 10.0 Å². The highest BCUT2D eigenvalue weighted by molar-refractivity contribution is 7.89. The molecule has 0 aliphatic rings. The van der Waals surface area contributed by atoms with Crippen LogP contribution in [0.4, 0.5) is 0 Å². The van der Waals surface area contributed by atoms with Crippen molar-refractivity contribution >= 4 is 16.0 Å². The lowest BCUT2D eigenvalue weighted by atomic mass is 10.3. The van der Waals surface area contributed by atoms with Crippen molar-refractivity contribution in [2.24, 2.45) is 7.05 Å². The Balaban J connectivity index is 2.01. The van der Waals surface area contributed by atoms with E-state index in [-0.39, 0.29) is 17.1 Å². The fourth-order valence-corrected chi connectivity index (χ4v) is 2.53. The molecule has 112 valence electrons. The summed E-state index contributed by atoms with van der Waals surface area (Å²) in [5.41, 5.74) is -0.0759. The van der Waals surface area contributed by atoms with Crippen LogP contribution in [0.15, 0.2) is 29.7 Å². The van der Waals surface area contributed by atoms with Crippen LogP contribution in [0.25, 0.3) is 0 Å². The van der Waals surface area contributed by atoms with Crippen LogP contribution in [-0.2, 0) is 23.5 Å². The summed E-state index contributed by atoms with van der Waals surface area (Å²) in [7, 11) is -2.02. The van der Waals surface area contributed by atoms with Gasteiger partial charge in [0.1, 0.15) is 12.2 Å². The molecule has 0 aliphatic heterocycles. The molecule has 0 spiro atoms. The van der Waals surface area contributed by atoms with Gasteiger partial charge in [-0.15, -0.1) is 10.2 Å². The molecule has 2 N–H and O–H groups in total. The van der Waals surface area contributed by atoms with E-state index in [4.69, 9.17) is 5.11 Å². The van der Waals surface area contributed by atoms with Crippen molar-refractivity contribution in [1.82, 2.24) is 24.5 Å². The Hall–Kier alpha value is -2.33. The lowest BCUT2D eigenvalue weighted by molar-refractivity contribution is 0.0696. The summed E-state index contributed by atoms with van der Waals surface area (Å²) in [6, 6.07) is 2.33. The molecule has 0 atom stereocenters. The van der Waals surface area contributed by atoms with Crippen LogP contribution in [0.5, 0.6) is 0 Å². The molecule has 10 heteroatoms. The first-order valence-corrected chi connectivity index (χ1v) is 7.40. The normalized spacial score (nSPS) is 11.5. The van der Waals surface area contributed by atoms with Gasteiger partial charge in [-0.1, -0.05) is 0 Å². The second-order valence-electron chi connectivity index (χ2n) is 4.20. The number of nitrogens with one attached hydrogen (secondary N) is 1. The molecule has 2 rings (SSSR count). The van der Waals surface area contributed by atoms with E-state index in [0.717, 1.165) is 12.3 Å². The standard InChI is InChI=1S/C11H13N5O4S/c1-16-7-13-15-9(16)4-5-14-21(19,20)10-3-2-8(6-12-10)11(17)18/h2-3,6-7,14H,4-5H2,1H3,(H,17,18). The minimum Gasteiger partial charge on any atom is -0.478 e. The van der Waals surface area contributed by atoms with E-state index < -0.39 is 16.0 Å². The van der Waals surface area contributed by atoms with Crippen molar-refractivity contribution < 1.29 is 18.3 Å². The Bertz CT molecular complexity index is 738. The summed E-state index contributed by atoms with van der Waals surface area (Å²) in [6.45, 7) is 0.136. The van der Waals surface area contributed by atoms with Gasteiger partial charge in [0, 0.05) is 26.2 Å². The molecule has 2 aromatic heterocycles. The predicted molar refractivity (Wildman–Crippen MR) is 71.1 cm³/mol. The second-order valence-corrected chi connectivity index (χ2v) is 5.91. The topological polar surface area (TPSA) is 127 Å². The number of rotatable bonds is 6. The molecular weight excluding hydrogens is 298 g/mol. The second kappa shape index (κ2) is 5.97. The van der Waals surface area contributed by atoms with Gasteiger partial charge in [-0.05, 0) is 12.1 Å². The minimum atomic E-state index is -3.78. The predicted octanol–water partition coefficient (Wildman–Crippen LogP) is -0.571. The Morgan fingerprint density at radius 2 is 2.19 bits per heavy atom. The largest absolute Gasteiger partial charge is 0.478 e. The maximum Gasteiger partial charge on any atom is 0.337 e. The van der Waals surface area contributed by atoms with E-state index in [2.05, 4.69) is 19.9 Å². The number of aromatic nitrogens is 4. The van der Waals surface area contributed by atoms with Crippen molar-refractivity contribution in [1.29, 1.82) is 0 Å². The van der Waals surface area contributed by atoms with Gasteiger partial charge >= 0.3 is 5.97 Å². The van der Waals surface area contributed by atoms with Crippen LogP contribution in [-0.4, -0.2) is 45.8 Å². The molecule has 0 fully saturated rings. The number of carboxylic acids is 1. The third kappa shape index (κ3) is 3.61. The number of hydrogen-bond acceptors (Lipinski definition) is 6. The van der Waals surface area contributed by atoms with E-state index in [1.165, 1.54) is 12.4 Å². The zero-order valence-electron chi connectivity index (χ0n) is 11.1. The fourth-order valence-electron chi connectivity index (χ4n) is 1.57. The van der Waals surface area contributed by atoms with Crippen LogP contribution >= 0.6 is 0 Å². The van der Waals surface area contributed by atoms with Gasteiger partial charge in [0.2, 0.25) is 0 Å². The number of nitrogens with zero attached hydrogens (tertiary/aromatic N) is 4. The smallest absolute Gasteiger partial charge is 0.337 e. The van der Waals surface area contributed by atoms with Crippen LogP contribution in [0.2, 0.25) is 0 Å². The van der Waals surface area contributed by atoms with Gasteiger partial charge in [0.05, 0.1) is 5.56 Å². The average molecular weight is 311 g/mol. The summed E-state index contributed by atoms with van der Waals surface area (Å²) < 4.78 is 28.0. The summed E-state index contributed by atoms with van der Waals surface area (Å²) >= 11 is 0. The van der Waals surface area contributed by atoms with Gasteiger partial charge in [-0.2, -0.15) is 0 Å².